The molecule has 0 N–H and O–H groups in total. The Morgan fingerprint density at radius 2 is 1.96 bits per heavy atom. The second-order valence-electron chi connectivity index (χ2n) is 6.91. The number of nitrogens with zero attached hydrogens (tertiary/aromatic N) is 2. The minimum absolute atomic E-state index is 0.0572. The van der Waals surface area contributed by atoms with Crippen molar-refractivity contribution in [3.8, 4) is 5.75 Å². The van der Waals surface area contributed by atoms with Crippen molar-refractivity contribution in [3.63, 3.8) is 0 Å². The molecule has 0 spiro atoms. The normalized spacial score (nSPS) is 23.3. The van der Waals surface area contributed by atoms with E-state index in [0.29, 0.717) is 19.1 Å². The van der Waals surface area contributed by atoms with Crippen molar-refractivity contribution in [2.24, 2.45) is 0 Å². The highest BCUT2D eigenvalue weighted by Gasteiger charge is 2.26. The minimum Gasteiger partial charge on any atom is -0.490 e. The molecule has 2 saturated heterocycles. The van der Waals surface area contributed by atoms with Gasteiger partial charge in [0.05, 0.1) is 24.4 Å². The fourth-order valence-corrected chi connectivity index (χ4v) is 4.66. The lowest BCUT2D eigenvalue weighted by atomic mass is 10.1. The maximum absolute atomic E-state index is 11.6. The van der Waals surface area contributed by atoms with Crippen LogP contribution in [0.25, 0.3) is 10.9 Å². The quantitative estimate of drug-likeness (QED) is 0.836. The second-order valence-corrected chi connectivity index (χ2v) is 8.89. The molecule has 1 aromatic carbocycles. The summed E-state index contributed by atoms with van der Waals surface area (Å²) in [7, 11) is -3.10. The number of sulfonamides is 1. The molecule has 2 fully saturated rings. The van der Waals surface area contributed by atoms with Gasteiger partial charge in [-0.2, -0.15) is 0 Å². The van der Waals surface area contributed by atoms with Crippen LogP contribution in [0.15, 0.2) is 30.5 Å². The van der Waals surface area contributed by atoms with Gasteiger partial charge in [-0.15, -0.1) is 0 Å². The van der Waals surface area contributed by atoms with E-state index in [1.54, 1.807) is 0 Å². The maximum Gasteiger partial charge on any atom is 0.211 e. The van der Waals surface area contributed by atoms with E-state index in [0.717, 1.165) is 43.6 Å². The van der Waals surface area contributed by atoms with Crippen LogP contribution in [-0.4, -0.2) is 56.0 Å². The summed E-state index contributed by atoms with van der Waals surface area (Å²) in [4.78, 5) is 0. The van der Waals surface area contributed by atoms with Gasteiger partial charge in [0, 0.05) is 31.3 Å². The smallest absolute Gasteiger partial charge is 0.211 e. The molecule has 2 aromatic rings. The van der Waals surface area contributed by atoms with Crippen LogP contribution >= 0.6 is 0 Å². The Morgan fingerprint density at radius 3 is 2.64 bits per heavy atom. The molecule has 3 heterocycles. The third-order valence-corrected chi connectivity index (χ3v) is 6.49. The number of benzene rings is 1. The molecule has 0 aliphatic carbocycles. The van der Waals surface area contributed by atoms with Crippen molar-refractivity contribution in [1.82, 2.24) is 8.87 Å². The molecule has 136 valence electrons. The fraction of sp³-hybridized carbons (Fsp3) is 0.556. The summed E-state index contributed by atoms with van der Waals surface area (Å²) in [6.45, 7) is 2.64. The van der Waals surface area contributed by atoms with E-state index in [1.807, 2.05) is 12.1 Å². The number of ether oxygens (including phenoxy) is 2. The Morgan fingerprint density at radius 1 is 1.16 bits per heavy atom. The van der Waals surface area contributed by atoms with E-state index >= 15 is 0 Å². The molecule has 0 saturated carbocycles. The van der Waals surface area contributed by atoms with Crippen molar-refractivity contribution in [3.05, 3.63) is 30.5 Å². The summed E-state index contributed by atoms with van der Waals surface area (Å²) in [5, 5.41) is 1.11. The van der Waals surface area contributed by atoms with Crippen LogP contribution in [0, 0.1) is 0 Å². The lowest BCUT2D eigenvalue weighted by Gasteiger charge is -2.30. The third kappa shape index (κ3) is 3.41. The standard InChI is InChI=1S/C18H24N2O4S/c1-25(21,22)19-9-5-15(6-10-19)24-18-4-2-3-17-16(18)7-11-20(17)14-8-12-23-13-14/h2-4,7,11,14-15H,5-6,8-10,12-13H2,1H3. The van der Waals surface area contributed by atoms with Gasteiger partial charge in [0.15, 0.2) is 0 Å². The van der Waals surface area contributed by atoms with E-state index in [2.05, 4.69) is 22.9 Å². The average Bonchev–Trinajstić information content (AvgIpc) is 3.24. The predicted molar refractivity (Wildman–Crippen MR) is 96.5 cm³/mol. The Labute approximate surface area is 148 Å². The molecule has 2 aliphatic rings. The van der Waals surface area contributed by atoms with E-state index in [-0.39, 0.29) is 6.10 Å². The van der Waals surface area contributed by atoms with E-state index in [1.165, 1.54) is 16.1 Å². The summed E-state index contributed by atoms with van der Waals surface area (Å²) in [6, 6.07) is 8.64. The number of aromatic nitrogens is 1. The second kappa shape index (κ2) is 6.63. The van der Waals surface area contributed by atoms with Crippen LogP contribution in [0.1, 0.15) is 25.3 Å². The first-order valence-electron chi connectivity index (χ1n) is 8.81. The summed E-state index contributed by atoms with van der Waals surface area (Å²) < 4.78 is 38.8. The highest BCUT2D eigenvalue weighted by Crippen LogP contribution is 2.32. The van der Waals surface area contributed by atoms with E-state index in [4.69, 9.17) is 9.47 Å². The molecule has 6 nitrogen and oxygen atoms in total. The van der Waals surface area contributed by atoms with Crippen molar-refractivity contribution in [2.75, 3.05) is 32.6 Å². The van der Waals surface area contributed by atoms with Crippen LogP contribution in [0.2, 0.25) is 0 Å². The van der Waals surface area contributed by atoms with Gasteiger partial charge in [0.2, 0.25) is 10.0 Å². The first kappa shape index (κ1) is 16.9. The number of hydrogen-bond donors (Lipinski definition) is 0. The zero-order chi connectivity index (χ0) is 17.4. The number of rotatable bonds is 4. The van der Waals surface area contributed by atoms with Crippen LogP contribution in [0.5, 0.6) is 5.75 Å². The summed E-state index contributed by atoms with van der Waals surface area (Å²) >= 11 is 0. The molecule has 0 amide bonds. The summed E-state index contributed by atoms with van der Waals surface area (Å²) in [6.07, 6.45) is 5.93. The van der Waals surface area contributed by atoms with Crippen LogP contribution in [0.4, 0.5) is 0 Å². The summed E-state index contributed by atoms with van der Waals surface area (Å²) in [5.74, 6) is 0.882. The van der Waals surface area contributed by atoms with Gasteiger partial charge in [-0.1, -0.05) is 6.07 Å². The Hall–Kier alpha value is -1.57. The van der Waals surface area contributed by atoms with Gasteiger partial charge in [0.25, 0.3) is 0 Å². The minimum atomic E-state index is -3.10. The SMILES string of the molecule is CS(=O)(=O)N1CCC(Oc2cccc3c2ccn3C2CCOC2)CC1. The molecule has 1 atom stereocenters. The molecule has 25 heavy (non-hydrogen) atoms. The Balaban J connectivity index is 1.51. The van der Waals surface area contributed by atoms with Crippen LogP contribution < -0.4 is 4.74 Å². The molecule has 2 aliphatic heterocycles. The van der Waals surface area contributed by atoms with Gasteiger partial charge < -0.3 is 14.0 Å². The molecular weight excluding hydrogens is 340 g/mol. The fourth-order valence-electron chi connectivity index (χ4n) is 3.78. The van der Waals surface area contributed by atoms with Gasteiger partial charge in [-0.3, -0.25) is 0 Å². The molecule has 4 rings (SSSR count). The number of hydrogen-bond acceptors (Lipinski definition) is 4. The molecular formula is C18H24N2O4S. The van der Waals surface area contributed by atoms with E-state index < -0.39 is 10.0 Å². The number of piperidine rings is 1. The van der Waals surface area contributed by atoms with Crippen molar-refractivity contribution >= 4 is 20.9 Å². The first-order valence-corrected chi connectivity index (χ1v) is 10.7. The topological polar surface area (TPSA) is 60.8 Å². The maximum atomic E-state index is 11.6. The first-order chi connectivity index (χ1) is 12.0. The Kier molecular flexibility index (Phi) is 4.47. The van der Waals surface area contributed by atoms with E-state index in [9.17, 15) is 8.42 Å². The lowest BCUT2D eigenvalue weighted by Crippen LogP contribution is -2.41. The van der Waals surface area contributed by atoms with Crippen LogP contribution in [0.3, 0.4) is 0 Å². The molecule has 7 heteroatoms. The lowest BCUT2D eigenvalue weighted by molar-refractivity contribution is 0.137. The zero-order valence-electron chi connectivity index (χ0n) is 14.4. The molecule has 1 aromatic heterocycles. The predicted octanol–water partition coefficient (Wildman–Crippen LogP) is 2.41. The highest BCUT2D eigenvalue weighted by atomic mass is 32.2. The van der Waals surface area contributed by atoms with Gasteiger partial charge in [0.1, 0.15) is 11.9 Å². The third-order valence-electron chi connectivity index (χ3n) is 5.19. The molecule has 1 unspecified atom stereocenters. The van der Waals surface area contributed by atoms with Gasteiger partial charge >= 0.3 is 0 Å². The molecule has 0 radical (unpaired) electrons. The van der Waals surface area contributed by atoms with Gasteiger partial charge in [-0.05, 0) is 37.5 Å². The zero-order valence-corrected chi connectivity index (χ0v) is 15.2. The van der Waals surface area contributed by atoms with Crippen molar-refractivity contribution < 1.29 is 17.9 Å². The summed E-state index contributed by atoms with van der Waals surface area (Å²) in [5.41, 5.74) is 1.17. The van der Waals surface area contributed by atoms with Crippen LogP contribution in [-0.2, 0) is 14.8 Å². The number of fused-ring (bicyclic) bond motifs is 1. The van der Waals surface area contributed by atoms with Crippen molar-refractivity contribution in [1.29, 1.82) is 0 Å². The van der Waals surface area contributed by atoms with Crippen molar-refractivity contribution in [2.45, 2.75) is 31.4 Å². The van der Waals surface area contributed by atoms with Gasteiger partial charge in [-0.25, -0.2) is 12.7 Å². The monoisotopic (exact) mass is 364 g/mol. The average molecular weight is 364 g/mol. The molecule has 0 bridgehead atoms. The largest absolute Gasteiger partial charge is 0.490 e. The Bertz CT molecular complexity index is 847. The highest BCUT2D eigenvalue weighted by molar-refractivity contribution is 7.88.